The topological polar surface area (TPSA) is 74.0 Å². The van der Waals surface area contributed by atoms with Crippen molar-refractivity contribution in [3.8, 4) is 17.2 Å². The fourth-order valence-electron chi connectivity index (χ4n) is 2.51. The lowest BCUT2D eigenvalue weighted by atomic mass is 10.0. The van der Waals surface area contributed by atoms with Gasteiger partial charge in [-0.2, -0.15) is 0 Å². The number of aryl methyl sites for hydroxylation is 1. The maximum absolute atomic E-state index is 12.8. The van der Waals surface area contributed by atoms with Crippen molar-refractivity contribution in [2.75, 3.05) is 33.3 Å². The molecule has 0 heterocycles. The van der Waals surface area contributed by atoms with E-state index in [0.29, 0.717) is 22.9 Å². The Kier molecular flexibility index (Phi) is 7.74. The molecule has 2 aromatic carbocycles. The summed E-state index contributed by atoms with van der Waals surface area (Å²) >= 11 is 0. The Morgan fingerprint density at radius 1 is 1.00 bits per heavy atom. The van der Waals surface area contributed by atoms with Crippen LogP contribution in [0.1, 0.15) is 17.2 Å². The molecule has 1 amide bonds. The normalized spacial score (nSPS) is 11.2. The third-order valence-electron chi connectivity index (χ3n) is 4.07. The van der Waals surface area contributed by atoms with Crippen LogP contribution in [-0.2, 0) is 4.79 Å². The maximum Gasteiger partial charge on any atom is 0.248 e. The number of likely N-dealkylation sites (N-methyl/N-ethyl adjacent to an activating group) is 1. The summed E-state index contributed by atoms with van der Waals surface area (Å²) in [5.74, 6) is 1.18. The number of nitrogens with two attached hydrogens (primary N) is 1. The number of anilines is 1. The predicted molar refractivity (Wildman–Crippen MR) is 105 cm³/mol. The van der Waals surface area contributed by atoms with E-state index in [9.17, 15) is 4.79 Å². The van der Waals surface area contributed by atoms with Gasteiger partial charge in [-0.3, -0.25) is 4.79 Å². The van der Waals surface area contributed by atoms with Gasteiger partial charge in [-0.25, -0.2) is 0 Å². The van der Waals surface area contributed by atoms with Gasteiger partial charge in [0.15, 0.2) is 11.5 Å². The second-order valence-corrected chi connectivity index (χ2v) is 5.67. The molecule has 1 atom stereocenters. The molecule has 0 fully saturated rings. The van der Waals surface area contributed by atoms with Gasteiger partial charge in [0.05, 0.1) is 27.0 Å². The quantitative estimate of drug-likeness (QED) is 0.833. The summed E-state index contributed by atoms with van der Waals surface area (Å²) in [5.41, 5.74) is 8.62. The predicted octanol–water partition coefficient (Wildman–Crippen LogP) is 3.11. The number of methoxy groups -OCH3 is 3. The van der Waals surface area contributed by atoms with E-state index in [0.717, 1.165) is 11.1 Å². The van der Waals surface area contributed by atoms with Crippen molar-refractivity contribution in [3.05, 3.63) is 47.5 Å². The van der Waals surface area contributed by atoms with Crippen molar-refractivity contribution in [2.24, 2.45) is 5.73 Å². The van der Waals surface area contributed by atoms with Crippen LogP contribution in [0, 0.1) is 6.92 Å². The Bertz CT molecular complexity index is 725. The molecule has 142 valence electrons. The molecule has 6 nitrogen and oxygen atoms in total. The molecule has 0 spiro atoms. The van der Waals surface area contributed by atoms with Crippen molar-refractivity contribution in [3.63, 3.8) is 0 Å². The number of rotatable bonds is 6. The standard InChI is InChI=1S/C19H24N2O4.ClH/c1-12-6-8-13(9-7-12)17(20)19(22)21(2)14-10-15(23-3)18(25-5)16(11-14)24-4;/h6-11,17H,20H2,1-5H3;1H. The van der Waals surface area contributed by atoms with Crippen LogP contribution in [0.25, 0.3) is 0 Å². The van der Waals surface area contributed by atoms with Crippen LogP contribution in [0.2, 0.25) is 0 Å². The lowest BCUT2D eigenvalue weighted by molar-refractivity contribution is -0.119. The van der Waals surface area contributed by atoms with Crippen LogP contribution >= 0.6 is 12.4 Å². The van der Waals surface area contributed by atoms with Crippen molar-refractivity contribution >= 4 is 24.0 Å². The molecule has 0 aliphatic heterocycles. The molecule has 0 aliphatic carbocycles. The van der Waals surface area contributed by atoms with Gasteiger partial charge in [-0.1, -0.05) is 29.8 Å². The van der Waals surface area contributed by atoms with E-state index in [1.165, 1.54) is 26.2 Å². The third kappa shape index (κ3) is 4.39. The van der Waals surface area contributed by atoms with Gasteiger partial charge in [0, 0.05) is 19.2 Å². The number of nitrogens with zero attached hydrogens (tertiary/aromatic N) is 1. The summed E-state index contributed by atoms with van der Waals surface area (Å²) in [7, 11) is 6.25. The first-order valence-electron chi connectivity index (χ1n) is 7.82. The fourth-order valence-corrected chi connectivity index (χ4v) is 2.51. The van der Waals surface area contributed by atoms with Crippen molar-refractivity contribution < 1.29 is 19.0 Å². The lowest BCUT2D eigenvalue weighted by Crippen LogP contribution is -2.35. The molecule has 0 aliphatic rings. The van der Waals surface area contributed by atoms with E-state index in [1.54, 1.807) is 19.2 Å². The minimum Gasteiger partial charge on any atom is -0.493 e. The second-order valence-electron chi connectivity index (χ2n) is 5.67. The SMILES string of the molecule is COc1cc(N(C)C(=O)C(N)c2ccc(C)cc2)cc(OC)c1OC.Cl. The van der Waals surface area contributed by atoms with Gasteiger partial charge in [0.2, 0.25) is 11.7 Å². The van der Waals surface area contributed by atoms with E-state index in [4.69, 9.17) is 19.9 Å². The zero-order valence-electron chi connectivity index (χ0n) is 15.6. The zero-order chi connectivity index (χ0) is 18.6. The first-order valence-corrected chi connectivity index (χ1v) is 7.82. The highest BCUT2D eigenvalue weighted by Gasteiger charge is 2.23. The number of carbonyl (C=O) groups is 1. The second kappa shape index (κ2) is 9.31. The molecule has 0 aromatic heterocycles. The molecule has 2 rings (SSSR count). The summed E-state index contributed by atoms with van der Waals surface area (Å²) in [6, 6.07) is 10.2. The molecular weight excluding hydrogens is 356 g/mol. The Balaban J connectivity index is 0.00000338. The van der Waals surface area contributed by atoms with Gasteiger partial charge in [0.25, 0.3) is 0 Å². The molecular formula is C19H25ClN2O4. The highest BCUT2D eigenvalue weighted by Crippen LogP contribution is 2.41. The Labute approximate surface area is 160 Å². The van der Waals surface area contributed by atoms with Crippen LogP contribution in [0.4, 0.5) is 5.69 Å². The van der Waals surface area contributed by atoms with Gasteiger partial charge < -0.3 is 24.8 Å². The van der Waals surface area contributed by atoms with Crippen molar-refractivity contribution in [1.29, 1.82) is 0 Å². The van der Waals surface area contributed by atoms with Gasteiger partial charge >= 0.3 is 0 Å². The summed E-state index contributed by atoms with van der Waals surface area (Å²) in [5, 5.41) is 0. The van der Waals surface area contributed by atoms with E-state index < -0.39 is 6.04 Å². The van der Waals surface area contributed by atoms with Crippen molar-refractivity contribution in [2.45, 2.75) is 13.0 Å². The molecule has 0 saturated carbocycles. The summed E-state index contributed by atoms with van der Waals surface area (Å²) in [6.45, 7) is 1.99. The molecule has 0 radical (unpaired) electrons. The Hall–Kier alpha value is -2.44. The molecule has 26 heavy (non-hydrogen) atoms. The molecule has 0 saturated heterocycles. The molecule has 2 aromatic rings. The monoisotopic (exact) mass is 380 g/mol. The van der Waals surface area contributed by atoms with E-state index >= 15 is 0 Å². The lowest BCUT2D eigenvalue weighted by Gasteiger charge is -2.23. The third-order valence-corrected chi connectivity index (χ3v) is 4.07. The number of carbonyl (C=O) groups excluding carboxylic acids is 1. The van der Waals surface area contributed by atoms with Crippen LogP contribution < -0.4 is 24.8 Å². The van der Waals surface area contributed by atoms with Gasteiger partial charge in [-0.05, 0) is 12.5 Å². The van der Waals surface area contributed by atoms with E-state index in [2.05, 4.69) is 0 Å². The minimum absolute atomic E-state index is 0. The summed E-state index contributed by atoms with van der Waals surface area (Å²) < 4.78 is 16.0. The first kappa shape index (κ1) is 21.6. The molecule has 0 bridgehead atoms. The van der Waals surface area contributed by atoms with Crippen molar-refractivity contribution in [1.82, 2.24) is 0 Å². The van der Waals surface area contributed by atoms with E-state index in [1.807, 2.05) is 31.2 Å². The van der Waals surface area contributed by atoms with Crippen LogP contribution in [0.5, 0.6) is 17.2 Å². The largest absolute Gasteiger partial charge is 0.493 e. The fraction of sp³-hybridized carbons (Fsp3) is 0.316. The highest BCUT2D eigenvalue weighted by molar-refractivity contribution is 5.97. The number of ether oxygens (including phenoxy) is 3. The average molecular weight is 381 g/mol. The maximum atomic E-state index is 12.8. The number of amides is 1. The van der Waals surface area contributed by atoms with Gasteiger partial charge in [0.1, 0.15) is 6.04 Å². The molecule has 1 unspecified atom stereocenters. The first-order chi connectivity index (χ1) is 11.9. The van der Waals surface area contributed by atoms with Gasteiger partial charge in [-0.15, -0.1) is 12.4 Å². The zero-order valence-corrected chi connectivity index (χ0v) is 16.4. The minimum atomic E-state index is -0.760. The average Bonchev–Trinajstić information content (AvgIpc) is 2.65. The Morgan fingerprint density at radius 2 is 1.50 bits per heavy atom. The number of hydrogen-bond donors (Lipinski definition) is 1. The number of hydrogen-bond acceptors (Lipinski definition) is 5. The molecule has 7 heteroatoms. The summed E-state index contributed by atoms with van der Waals surface area (Å²) in [4.78, 5) is 14.3. The molecule has 2 N–H and O–H groups in total. The van der Waals surface area contributed by atoms with Crippen LogP contribution in [0.3, 0.4) is 0 Å². The highest BCUT2D eigenvalue weighted by atomic mass is 35.5. The van der Waals surface area contributed by atoms with Crippen LogP contribution in [0.15, 0.2) is 36.4 Å². The summed E-state index contributed by atoms with van der Waals surface area (Å²) in [6.07, 6.45) is 0. The van der Waals surface area contributed by atoms with Crippen LogP contribution in [-0.4, -0.2) is 34.3 Å². The number of benzene rings is 2. The Morgan fingerprint density at radius 3 is 1.92 bits per heavy atom. The smallest absolute Gasteiger partial charge is 0.248 e. The van der Waals surface area contributed by atoms with E-state index in [-0.39, 0.29) is 18.3 Å². The number of halogens is 1.